The van der Waals surface area contributed by atoms with Crippen molar-refractivity contribution in [2.75, 3.05) is 11.6 Å². The Labute approximate surface area is 120 Å². The second kappa shape index (κ2) is 7.82. The van der Waals surface area contributed by atoms with Gasteiger partial charge in [0.15, 0.2) is 0 Å². The predicted molar refractivity (Wildman–Crippen MR) is 78.7 cm³/mol. The summed E-state index contributed by atoms with van der Waals surface area (Å²) in [5.41, 5.74) is 0.900. The van der Waals surface area contributed by atoms with E-state index >= 15 is 0 Å². The number of pyridine rings is 1. The van der Waals surface area contributed by atoms with Crippen molar-refractivity contribution in [3.8, 4) is 0 Å². The summed E-state index contributed by atoms with van der Waals surface area (Å²) < 4.78 is 26.2. The van der Waals surface area contributed by atoms with Crippen LogP contribution in [0, 0.1) is 0 Å². The largest absolute Gasteiger partial charge is 0.264 e. The van der Waals surface area contributed by atoms with E-state index in [-0.39, 0.29) is 11.8 Å². The lowest BCUT2D eigenvalue weighted by molar-refractivity contribution is 0.347. The molecular weight excluding hydrogens is 284 g/mol. The normalized spacial score (nSPS) is 12.3. The van der Waals surface area contributed by atoms with Gasteiger partial charge in [-0.05, 0) is 38.3 Å². The third-order valence-corrected chi connectivity index (χ3v) is 5.12. The predicted octanol–water partition coefficient (Wildman–Crippen LogP) is 2.64. The molecule has 0 radical (unpaired) electrons. The standard InChI is InChI=1S/C13H21ClN2O2S/c1-12(2)16(11-13-6-5-8-15-10-13)19(17,18)9-4-3-7-14/h5-6,8,10,12H,3-4,7,9,11H2,1-2H3. The van der Waals surface area contributed by atoms with Crippen LogP contribution in [0.15, 0.2) is 24.5 Å². The van der Waals surface area contributed by atoms with E-state index < -0.39 is 10.0 Å². The molecule has 0 aliphatic rings. The van der Waals surface area contributed by atoms with Crippen molar-refractivity contribution in [1.82, 2.24) is 9.29 Å². The summed E-state index contributed by atoms with van der Waals surface area (Å²) in [6.45, 7) is 4.14. The van der Waals surface area contributed by atoms with Crippen LogP contribution in [0.2, 0.25) is 0 Å². The minimum Gasteiger partial charge on any atom is -0.264 e. The van der Waals surface area contributed by atoms with Crippen LogP contribution >= 0.6 is 11.6 Å². The van der Waals surface area contributed by atoms with Gasteiger partial charge in [0.2, 0.25) is 10.0 Å². The lowest BCUT2D eigenvalue weighted by atomic mass is 10.2. The van der Waals surface area contributed by atoms with Crippen LogP contribution in [0.25, 0.3) is 0 Å². The van der Waals surface area contributed by atoms with Crippen LogP contribution in [0.4, 0.5) is 0 Å². The Morgan fingerprint density at radius 1 is 1.37 bits per heavy atom. The Morgan fingerprint density at radius 3 is 2.63 bits per heavy atom. The lowest BCUT2D eigenvalue weighted by Gasteiger charge is -2.25. The minimum atomic E-state index is -3.25. The molecule has 108 valence electrons. The fourth-order valence-electron chi connectivity index (χ4n) is 1.77. The Balaban J connectivity index is 2.77. The summed E-state index contributed by atoms with van der Waals surface area (Å²) in [7, 11) is -3.25. The molecule has 0 saturated heterocycles. The first-order chi connectivity index (χ1) is 8.97. The average Bonchev–Trinajstić information content (AvgIpc) is 2.37. The molecule has 1 aromatic heterocycles. The number of unbranched alkanes of at least 4 members (excludes halogenated alkanes) is 1. The van der Waals surface area contributed by atoms with Crippen LogP contribution in [-0.2, 0) is 16.6 Å². The number of hydrogen-bond acceptors (Lipinski definition) is 3. The van der Waals surface area contributed by atoms with Crippen molar-refractivity contribution in [2.45, 2.75) is 39.3 Å². The molecule has 1 heterocycles. The molecule has 0 spiro atoms. The van der Waals surface area contributed by atoms with Gasteiger partial charge >= 0.3 is 0 Å². The van der Waals surface area contributed by atoms with Gasteiger partial charge in [-0.2, -0.15) is 4.31 Å². The molecule has 6 heteroatoms. The maximum atomic E-state index is 12.3. The number of aromatic nitrogens is 1. The molecule has 0 saturated carbocycles. The second-order valence-corrected chi connectivity index (χ2v) is 7.13. The van der Waals surface area contributed by atoms with Crippen molar-refractivity contribution in [1.29, 1.82) is 0 Å². The second-order valence-electron chi connectivity index (χ2n) is 4.71. The number of halogens is 1. The first-order valence-corrected chi connectivity index (χ1v) is 8.56. The van der Waals surface area contributed by atoms with E-state index in [1.807, 2.05) is 26.0 Å². The van der Waals surface area contributed by atoms with Gasteiger partial charge in [0.05, 0.1) is 5.75 Å². The highest BCUT2D eigenvalue weighted by atomic mass is 35.5. The molecule has 0 N–H and O–H groups in total. The van der Waals surface area contributed by atoms with Gasteiger partial charge in [0.25, 0.3) is 0 Å². The molecule has 0 aliphatic heterocycles. The summed E-state index contributed by atoms with van der Waals surface area (Å²) in [5, 5.41) is 0. The van der Waals surface area contributed by atoms with Crippen molar-refractivity contribution < 1.29 is 8.42 Å². The van der Waals surface area contributed by atoms with Crippen LogP contribution < -0.4 is 0 Å². The molecule has 1 aromatic rings. The Morgan fingerprint density at radius 2 is 2.11 bits per heavy atom. The van der Waals surface area contributed by atoms with Gasteiger partial charge in [-0.15, -0.1) is 11.6 Å². The van der Waals surface area contributed by atoms with E-state index in [9.17, 15) is 8.42 Å². The van der Waals surface area contributed by atoms with Gasteiger partial charge < -0.3 is 0 Å². The highest BCUT2D eigenvalue weighted by Crippen LogP contribution is 2.14. The topological polar surface area (TPSA) is 50.3 Å². The maximum absolute atomic E-state index is 12.3. The fourth-order valence-corrected chi connectivity index (χ4v) is 3.75. The third-order valence-electron chi connectivity index (χ3n) is 2.78. The molecule has 0 amide bonds. The zero-order valence-corrected chi connectivity index (χ0v) is 13.0. The molecule has 0 atom stereocenters. The molecule has 1 rings (SSSR count). The smallest absolute Gasteiger partial charge is 0.214 e. The van der Waals surface area contributed by atoms with E-state index in [4.69, 9.17) is 11.6 Å². The van der Waals surface area contributed by atoms with E-state index in [0.717, 1.165) is 12.0 Å². The fraction of sp³-hybridized carbons (Fsp3) is 0.615. The third kappa shape index (κ3) is 5.47. The zero-order chi connectivity index (χ0) is 14.3. The Bertz CT molecular complexity index is 463. The quantitative estimate of drug-likeness (QED) is 0.548. The molecule has 0 fully saturated rings. The van der Waals surface area contributed by atoms with Gasteiger partial charge in [-0.3, -0.25) is 4.98 Å². The molecule has 0 aliphatic carbocycles. The first-order valence-electron chi connectivity index (χ1n) is 6.41. The van der Waals surface area contributed by atoms with Crippen molar-refractivity contribution >= 4 is 21.6 Å². The molecule has 0 unspecified atom stereocenters. The van der Waals surface area contributed by atoms with Crippen molar-refractivity contribution in [3.05, 3.63) is 30.1 Å². The first kappa shape index (κ1) is 16.4. The van der Waals surface area contributed by atoms with Gasteiger partial charge in [-0.1, -0.05) is 6.07 Å². The van der Waals surface area contributed by atoms with Crippen LogP contribution in [0.5, 0.6) is 0 Å². The molecular formula is C13H21ClN2O2S. The summed E-state index contributed by atoms with van der Waals surface area (Å²) in [6, 6.07) is 3.63. The van der Waals surface area contributed by atoms with Gasteiger partial charge in [0, 0.05) is 30.9 Å². The molecule has 0 bridgehead atoms. The van der Waals surface area contributed by atoms with Gasteiger partial charge in [-0.25, -0.2) is 8.42 Å². The lowest BCUT2D eigenvalue weighted by Crippen LogP contribution is -2.38. The average molecular weight is 305 g/mol. The summed E-state index contributed by atoms with van der Waals surface area (Å²) in [4.78, 5) is 4.02. The molecule has 19 heavy (non-hydrogen) atoms. The van der Waals surface area contributed by atoms with E-state index in [1.165, 1.54) is 4.31 Å². The number of sulfonamides is 1. The summed E-state index contributed by atoms with van der Waals surface area (Å²) in [6.07, 6.45) is 4.70. The van der Waals surface area contributed by atoms with E-state index in [1.54, 1.807) is 12.4 Å². The van der Waals surface area contributed by atoms with Crippen LogP contribution in [0.3, 0.4) is 0 Å². The highest BCUT2D eigenvalue weighted by Gasteiger charge is 2.24. The summed E-state index contributed by atoms with van der Waals surface area (Å²) in [5.74, 6) is 0.651. The van der Waals surface area contributed by atoms with Crippen molar-refractivity contribution in [3.63, 3.8) is 0 Å². The Kier molecular flexibility index (Phi) is 6.75. The monoisotopic (exact) mass is 304 g/mol. The number of hydrogen-bond donors (Lipinski definition) is 0. The highest BCUT2D eigenvalue weighted by molar-refractivity contribution is 7.89. The van der Waals surface area contributed by atoms with Crippen LogP contribution in [0.1, 0.15) is 32.3 Å². The number of rotatable bonds is 8. The summed E-state index contributed by atoms with van der Waals surface area (Å²) >= 11 is 5.59. The number of alkyl halides is 1. The van der Waals surface area contributed by atoms with Gasteiger partial charge in [0.1, 0.15) is 0 Å². The zero-order valence-electron chi connectivity index (χ0n) is 11.4. The SMILES string of the molecule is CC(C)N(Cc1cccnc1)S(=O)(=O)CCCCCl. The Hall–Kier alpha value is -0.650. The van der Waals surface area contributed by atoms with E-state index in [0.29, 0.717) is 18.8 Å². The van der Waals surface area contributed by atoms with Crippen molar-refractivity contribution in [2.24, 2.45) is 0 Å². The van der Waals surface area contributed by atoms with Crippen LogP contribution in [-0.4, -0.2) is 35.4 Å². The molecule has 4 nitrogen and oxygen atoms in total. The minimum absolute atomic E-state index is 0.0683. The van der Waals surface area contributed by atoms with E-state index in [2.05, 4.69) is 4.98 Å². The number of nitrogens with zero attached hydrogens (tertiary/aromatic N) is 2. The molecule has 0 aromatic carbocycles. The maximum Gasteiger partial charge on any atom is 0.214 e.